The van der Waals surface area contributed by atoms with Crippen molar-refractivity contribution in [2.75, 3.05) is 4.90 Å². The van der Waals surface area contributed by atoms with Crippen molar-refractivity contribution in [2.24, 2.45) is 0 Å². The molecule has 56 heavy (non-hydrogen) atoms. The second-order valence-corrected chi connectivity index (χ2v) is 15.2. The minimum absolute atomic E-state index is 0.712. The Balaban J connectivity index is 1.10. The molecule has 2 aliphatic carbocycles. The molecule has 1 N–H and O–H groups in total. The zero-order valence-corrected chi connectivity index (χ0v) is 30.8. The summed E-state index contributed by atoms with van der Waals surface area (Å²) in [5.74, 6) is 0.712. The van der Waals surface area contributed by atoms with E-state index in [1.165, 1.54) is 66.0 Å². The Morgan fingerprint density at radius 2 is 1.29 bits per heavy atom. The number of anilines is 2. The van der Waals surface area contributed by atoms with Crippen LogP contribution in [0.4, 0.5) is 11.4 Å². The molecule has 1 aliphatic heterocycles. The monoisotopic (exact) mass is 716 g/mol. The maximum absolute atomic E-state index is 5.41. The Labute approximate surface area is 324 Å². The third kappa shape index (κ3) is 4.72. The molecule has 0 atom stereocenters. The molecular formula is C52H36N4. The van der Waals surface area contributed by atoms with Crippen LogP contribution in [0.3, 0.4) is 0 Å². The lowest BCUT2D eigenvalue weighted by Gasteiger charge is -2.36. The fourth-order valence-electron chi connectivity index (χ4n) is 9.51. The first-order chi connectivity index (χ1) is 27.8. The number of H-pyrrole nitrogens is 1. The summed E-state index contributed by atoms with van der Waals surface area (Å²) < 4.78 is 0. The smallest absolute Gasteiger partial charge is 0.160 e. The number of hydrogen-bond acceptors (Lipinski definition) is 3. The molecular weight excluding hydrogens is 681 g/mol. The summed E-state index contributed by atoms with van der Waals surface area (Å²) in [5, 5.41) is 7.41. The number of benzene rings is 7. The highest BCUT2D eigenvalue weighted by Crippen LogP contribution is 2.52. The highest BCUT2D eigenvalue weighted by Gasteiger charge is 2.31. The molecule has 0 unspecified atom stereocenters. The largest absolute Gasteiger partial charge is 0.353 e. The average Bonchev–Trinajstić information content (AvgIpc) is 3.64. The van der Waals surface area contributed by atoms with Gasteiger partial charge in [-0.2, -0.15) is 0 Å². The van der Waals surface area contributed by atoms with E-state index in [4.69, 9.17) is 9.97 Å². The SMILES string of the molecule is C1=CC2=C(CC1)c1cccc3cc4c([nH]c5ccccc54)c(c13)N2c1cccc(-c2nc(-c3cccc4c3C=CCC4)cc(-c3cccc4ccccc34)n2)c1. The minimum atomic E-state index is 0.712. The molecule has 7 aromatic carbocycles. The molecule has 0 saturated carbocycles. The van der Waals surface area contributed by atoms with Gasteiger partial charge in [0, 0.05) is 49.8 Å². The molecule has 2 aromatic heterocycles. The lowest BCUT2D eigenvalue weighted by atomic mass is 9.85. The van der Waals surface area contributed by atoms with Crippen molar-refractivity contribution in [3.05, 3.63) is 180 Å². The number of hydrogen-bond donors (Lipinski definition) is 1. The molecule has 0 bridgehead atoms. The fraction of sp³-hybridized carbons (Fsp3) is 0.0769. The van der Waals surface area contributed by atoms with E-state index in [2.05, 4.69) is 174 Å². The van der Waals surface area contributed by atoms with Crippen molar-refractivity contribution in [1.82, 2.24) is 15.0 Å². The van der Waals surface area contributed by atoms with E-state index in [1.54, 1.807) is 0 Å². The van der Waals surface area contributed by atoms with E-state index in [-0.39, 0.29) is 0 Å². The van der Waals surface area contributed by atoms with Crippen LogP contribution in [-0.2, 0) is 6.42 Å². The minimum Gasteiger partial charge on any atom is -0.353 e. The summed E-state index contributed by atoms with van der Waals surface area (Å²) in [7, 11) is 0. The number of fused-ring (bicyclic) bond motifs is 7. The van der Waals surface area contributed by atoms with Gasteiger partial charge in [0.25, 0.3) is 0 Å². The number of allylic oxidation sites excluding steroid dienone is 4. The topological polar surface area (TPSA) is 44.8 Å². The lowest BCUT2D eigenvalue weighted by molar-refractivity contribution is 0.985. The average molecular weight is 717 g/mol. The Morgan fingerprint density at radius 3 is 2.23 bits per heavy atom. The Bertz CT molecular complexity index is 3210. The molecule has 264 valence electrons. The summed E-state index contributed by atoms with van der Waals surface area (Å²) in [5.41, 5.74) is 16.2. The van der Waals surface area contributed by atoms with Gasteiger partial charge >= 0.3 is 0 Å². The van der Waals surface area contributed by atoms with Gasteiger partial charge in [-0.1, -0.05) is 127 Å². The number of aromatic nitrogens is 3. The summed E-state index contributed by atoms with van der Waals surface area (Å²) in [6.45, 7) is 0. The first kappa shape index (κ1) is 31.3. The second kappa shape index (κ2) is 12.2. The maximum atomic E-state index is 5.41. The summed E-state index contributed by atoms with van der Waals surface area (Å²) in [4.78, 5) is 17.2. The van der Waals surface area contributed by atoms with Gasteiger partial charge in [0.05, 0.1) is 22.6 Å². The van der Waals surface area contributed by atoms with E-state index in [1.807, 2.05) is 0 Å². The lowest BCUT2D eigenvalue weighted by Crippen LogP contribution is -2.22. The number of aryl methyl sites for hydroxylation is 1. The van der Waals surface area contributed by atoms with E-state index < -0.39 is 0 Å². The molecule has 3 heterocycles. The highest BCUT2D eigenvalue weighted by atomic mass is 15.2. The van der Waals surface area contributed by atoms with E-state index in [0.29, 0.717) is 5.82 Å². The van der Waals surface area contributed by atoms with Crippen LogP contribution in [0.5, 0.6) is 0 Å². The molecule has 4 heteroatoms. The summed E-state index contributed by atoms with van der Waals surface area (Å²) in [6.07, 6.45) is 13.3. The van der Waals surface area contributed by atoms with Gasteiger partial charge in [0.2, 0.25) is 0 Å². The molecule has 0 fully saturated rings. The quantitative estimate of drug-likeness (QED) is 0.197. The zero-order valence-electron chi connectivity index (χ0n) is 30.8. The predicted molar refractivity (Wildman–Crippen MR) is 234 cm³/mol. The van der Waals surface area contributed by atoms with Crippen molar-refractivity contribution in [1.29, 1.82) is 0 Å². The van der Waals surface area contributed by atoms with Gasteiger partial charge in [-0.3, -0.25) is 0 Å². The van der Waals surface area contributed by atoms with Gasteiger partial charge in [0.1, 0.15) is 0 Å². The normalized spacial score (nSPS) is 14.6. The van der Waals surface area contributed by atoms with Gasteiger partial charge in [-0.05, 0) is 101 Å². The molecule has 0 amide bonds. The van der Waals surface area contributed by atoms with Gasteiger partial charge < -0.3 is 9.88 Å². The van der Waals surface area contributed by atoms with Gasteiger partial charge in [0.15, 0.2) is 5.82 Å². The second-order valence-electron chi connectivity index (χ2n) is 15.2. The number of nitrogens with zero attached hydrogens (tertiary/aromatic N) is 3. The standard InChI is InChI=1S/C52H36N4/c1-3-20-37-32(13-1)15-10-24-39(37)46-31-47(40-25-11-16-33-14-2-4-21-38(33)40)55-52(54-46)35-18-9-19-36(29-35)56-48-28-8-6-23-42(48)43-26-12-17-34-30-44-41-22-5-7-27-45(41)53-50(44)51(56)49(34)43/h1,3-5,7-13,15-22,24-31,53H,2,6,14,23H2. The van der Waals surface area contributed by atoms with Crippen LogP contribution in [0.1, 0.15) is 36.0 Å². The van der Waals surface area contributed by atoms with Crippen molar-refractivity contribution in [3.8, 4) is 33.9 Å². The Hall–Kier alpha value is -7.04. The van der Waals surface area contributed by atoms with Crippen molar-refractivity contribution in [2.45, 2.75) is 25.7 Å². The number of rotatable bonds is 4. The van der Waals surface area contributed by atoms with Gasteiger partial charge in [-0.25, -0.2) is 9.97 Å². The van der Waals surface area contributed by atoms with Crippen LogP contribution in [0.2, 0.25) is 0 Å². The van der Waals surface area contributed by atoms with Crippen molar-refractivity contribution < 1.29 is 0 Å². The van der Waals surface area contributed by atoms with Gasteiger partial charge in [-0.15, -0.1) is 0 Å². The summed E-state index contributed by atoms with van der Waals surface area (Å²) >= 11 is 0. The number of para-hydroxylation sites is 1. The number of nitrogens with one attached hydrogen (secondary N) is 1. The first-order valence-corrected chi connectivity index (χ1v) is 19.7. The molecule has 4 nitrogen and oxygen atoms in total. The Morgan fingerprint density at radius 1 is 0.554 bits per heavy atom. The first-order valence-electron chi connectivity index (χ1n) is 19.7. The summed E-state index contributed by atoms with van der Waals surface area (Å²) in [6, 6.07) is 50.6. The van der Waals surface area contributed by atoms with Crippen LogP contribution in [-0.4, -0.2) is 15.0 Å². The third-order valence-electron chi connectivity index (χ3n) is 12.0. The maximum Gasteiger partial charge on any atom is 0.160 e. The van der Waals surface area contributed by atoms with Crippen LogP contribution < -0.4 is 4.90 Å². The van der Waals surface area contributed by atoms with Crippen LogP contribution in [0, 0.1) is 0 Å². The molecule has 0 saturated heterocycles. The number of aromatic amines is 1. The molecule has 12 rings (SSSR count). The van der Waals surface area contributed by atoms with E-state index in [0.717, 1.165) is 70.5 Å². The van der Waals surface area contributed by atoms with Crippen LogP contribution in [0.25, 0.3) is 88.9 Å². The highest BCUT2D eigenvalue weighted by molar-refractivity contribution is 6.23. The zero-order chi connectivity index (χ0) is 36.7. The van der Waals surface area contributed by atoms with E-state index >= 15 is 0 Å². The van der Waals surface area contributed by atoms with Crippen molar-refractivity contribution in [3.63, 3.8) is 0 Å². The van der Waals surface area contributed by atoms with Crippen LogP contribution in [0.15, 0.2) is 163 Å². The third-order valence-corrected chi connectivity index (χ3v) is 12.0. The predicted octanol–water partition coefficient (Wildman–Crippen LogP) is 13.6. The van der Waals surface area contributed by atoms with E-state index in [9.17, 15) is 0 Å². The fourth-order valence-corrected chi connectivity index (χ4v) is 9.51. The van der Waals surface area contributed by atoms with Crippen LogP contribution >= 0.6 is 0 Å². The molecule has 9 aromatic rings. The molecule has 0 radical (unpaired) electrons. The Kier molecular flexibility index (Phi) is 6.85. The molecule has 0 spiro atoms. The van der Waals surface area contributed by atoms with Crippen molar-refractivity contribution >= 4 is 66.4 Å². The molecule has 3 aliphatic rings.